The third-order valence-electron chi connectivity index (χ3n) is 2.97. The Labute approximate surface area is 97.0 Å². The van der Waals surface area contributed by atoms with Crippen molar-refractivity contribution < 1.29 is 5.21 Å². The molecule has 7 nitrogen and oxygen atoms in total. The Hall–Kier alpha value is -1.99. The van der Waals surface area contributed by atoms with Crippen LogP contribution in [0.15, 0.2) is 24.8 Å². The molecule has 88 valence electrons. The van der Waals surface area contributed by atoms with Crippen molar-refractivity contribution in [2.75, 3.05) is 5.73 Å². The SMILES string of the molecule is Nc1ncnc2c1ncn2C1C=CC(NO)C1. The number of anilines is 1. The third-order valence-corrected chi connectivity index (χ3v) is 2.97. The quantitative estimate of drug-likeness (QED) is 0.507. The molecule has 17 heavy (non-hydrogen) atoms. The number of hydroxylamine groups is 1. The molecule has 0 saturated carbocycles. The second kappa shape index (κ2) is 3.79. The van der Waals surface area contributed by atoms with E-state index in [4.69, 9.17) is 10.9 Å². The first-order valence-corrected chi connectivity index (χ1v) is 5.30. The molecule has 2 aromatic rings. The summed E-state index contributed by atoms with van der Waals surface area (Å²) in [6, 6.07) is 0.0931. The summed E-state index contributed by atoms with van der Waals surface area (Å²) in [5.41, 5.74) is 9.29. The Morgan fingerprint density at radius 3 is 3.00 bits per heavy atom. The van der Waals surface area contributed by atoms with Crippen LogP contribution in [0, 0.1) is 0 Å². The molecule has 7 heteroatoms. The fraction of sp³-hybridized carbons (Fsp3) is 0.300. The van der Waals surface area contributed by atoms with E-state index in [1.165, 1.54) is 6.33 Å². The van der Waals surface area contributed by atoms with Gasteiger partial charge in [-0.15, -0.1) is 0 Å². The lowest BCUT2D eigenvalue weighted by atomic mass is 10.2. The summed E-state index contributed by atoms with van der Waals surface area (Å²) in [7, 11) is 0. The summed E-state index contributed by atoms with van der Waals surface area (Å²) < 4.78 is 1.93. The number of nitrogens with one attached hydrogen (secondary N) is 1. The van der Waals surface area contributed by atoms with E-state index < -0.39 is 0 Å². The van der Waals surface area contributed by atoms with E-state index in [0.29, 0.717) is 17.0 Å². The van der Waals surface area contributed by atoms with Crippen molar-refractivity contribution in [2.45, 2.75) is 18.5 Å². The minimum Gasteiger partial charge on any atom is -0.382 e. The number of nitrogens with zero attached hydrogens (tertiary/aromatic N) is 4. The standard InChI is InChI=1S/C10H12N6O/c11-9-8-10(13-4-12-9)16(5-14-8)7-2-1-6(3-7)15-17/h1-2,4-7,15,17H,3H2,(H2,11,12,13). The van der Waals surface area contributed by atoms with Gasteiger partial charge in [0.25, 0.3) is 0 Å². The van der Waals surface area contributed by atoms with Crippen LogP contribution in [0.25, 0.3) is 11.2 Å². The highest BCUT2D eigenvalue weighted by atomic mass is 16.5. The van der Waals surface area contributed by atoms with E-state index in [0.717, 1.165) is 6.42 Å². The number of nitrogens with two attached hydrogens (primary N) is 1. The molecule has 2 atom stereocenters. The highest BCUT2D eigenvalue weighted by molar-refractivity contribution is 5.81. The van der Waals surface area contributed by atoms with Gasteiger partial charge in [0.05, 0.1) is 18.4 Å². The molecule has 2 aromatic heterocycles. The molecule has 0 bridgehead atoms. The molecule has 3 rings (SSSR count). The minimum atomic E-state index is -0.0309. The van der Waals surface area contributed by atoms with E-state index in [1.54, 1.807) is 6.33 Å². The summed E-state index contributed by atoms with van der Waals surface area (Å²) in [5.74, 6) is 0.382. The summed E-state index contributed by atoms with van der Waals surface area (Å²) in [6.45, 7) is 0. The average Bonchev–Trinajstić information content (AvgIpc) is 2.94. The van der Waals surface area contributed by atoms with E-state index in [-0.39, 0.29) is 12.1 Å². The molecular weight excluding hydrogens is 220 g/mol. The van der Waals surface area contributed by atoms with Gasteiger partial charge >= 0.3 is 0 Å². The molecule has 1 aliphatic rings. The molecule has 0 saturated heterocycles. The molecule has 4 N–H and O–H groups in total. The third kappa shape index (κ3) is 1.56. The lowest BCUT2D eigenvalue weighted by Gasteiger charge is -2.12. The first-order chi connectivity index (χ1) is 8.29. The van der Waals surface area contributed by atoms with Crippen molar-refractivity contribution in [3.8, 4) is 0 Å². The summed E-state index contributed by atoms with van der Waals surface area (Å²) in [5, 5.41) is 8.87. The number of nitrogen functional groups attached to an aromatic ring is 1. The van der Waals surface area contributed by atoms with Gasteiger partial charge in [-0.2, -0.15) is 5.48 Å². The maximum absolute atomic E-state index is 8.87. The van der Waals surface area contributed by atoms with Crippen LogP contribution >= 0.6 is 0 Å². The molecule has 0 amide bonds. The topological polar surface area (TPSA) is 102 Å². The van der Waals surface area contributed by atoms with E-state index in [2.05, 4.69) is 20.4 Å². The lowest BCUT2D eigenvalue weighted by Crippen LogP contribution is -2.22. The summed E-state index contributed by atoms with van der Waals surface area (Å²) in [4.78, 5) is 12.3. The van der Waals surface area contributed by atoms with Gasteiger partial charge in [-0.25, -0.2) is 15.0 Å². The van der Waals surface area contributed by atoms with Gasteiger partial charge in [0, 0.05) is 0 Å². The Kier molecular flexibility index (Phi) is 2.27. The van der Waals surface area contributed by atoms with Crippen LogP contribution in [-0.4, -0.2) is 30.8 Å². The first kappa shape index (κ1) is 10.2. The summed E-state index contributed by atoms with van der Waals surface area (Å²) >= 11 is 0. The number of fused-ring (bicyclic) bond motifs is 1. The van der Waals surface area contributed by atoms with Gasteiger partial charge in [-0.3, -0.25) is 0 Å². The van der Waals surface area contributed by atoms with Gasteiger partial charge in [-0.05, 0) is 6.42 Å². The van der Waals surface area contributed by atoms with Gasteiger partial charge < -0.3 is 15.5 Å². The smallest absolute Gasteiger partial charge is 0.165 e. The molecule has 0 radical (unpaired) electrons. The van der Waals surface area contributed by atoms with Crippen LogP contribution < -0.4 is 11.2 Å². The fourth-order valence-electron chi connectivity index (χ4n) is 2.09. The van der Waals surface area contributed by atoms with Crippen molar-refractivity contribution in [1.82, 2.24) is 25.0 Å². The van der Waals surface area contributed by atoms with E-state index in [9.17, 15) is 0 Å². The molecular formula is C10H12N6O. The zero-order chi connectivity index (χ0) is 11.8. The predicted molar refractivity (Wildman–Crippen MR) is 61.2 cm³/mol. The highest BCUT2D eigenvalue weighted by Crippen LogP contribution is 2.26. The monoisotopic (exact) mass is 232 g/mol. The fourth-order valence-corrected chi connectivity index (χ4v) is 2.09. The first-order valence-electron chi connectivity index (χ1n) is 5.30. The Morgan fingerprint density at radius 2 is 2.24 bits per heavy atom. The molecule has 1 aliphatic carbocycles. The Balaban J connectivity index is 2.02. The zero-order valence-electron chi connectivity index (χ0n) is 8.98. The molecule has 2 unspecified atom stereocenters. The summed E-state index contributed by atoms with van der Waals surface area (Å²) in [6.07, 6.45) is 7.81. The van der Waals surface area contributed by atoms with Gasteiger partial charge in [0.2, 0.25) is 0 Å². The van der Waals surface area contributed by atoms with Crippen LogP contribution in [-0.2, 0) is 0 Å². The van der Waals surface area contributed by atoms with Gasteiger partial charge in [-0.1, -0.05) is 12.2 Å². The van der Waals surface area contributed by atoms with Crippen LogP contribution in [0.2, 0.25) is 0 Å². The van der Waals surface area contributed by atoms with Crippen molar-refractivity contribution in [3.63, 3.8) is 0 Å². The second-order valence-electron chi connectivity index (χ2n) is 4.01. The molecule has 2 heterocycles. The average molecular weight is 232 g/mol. The maximum Gasteiger partial charge on any atom is 0.165 e. The Morgan fingerprint density at radius 1 is 1.35 bits per heavy atom. The van der Waals surface area contributed by atoms with Crippen LogP contribution in [0.3, 0.4) is 0 Å². The number of hydrogen-bond donors (Lipinski definition) is 3. The minimum absolute atomic E-state index is 0.0309. The number of allylic oxidation sites excluding steroid dienone is 1. The van der Waals surface area contributed by atoms with Crippen molar-refractivity contribution in [2.24, 2.45) is 0 Å². The number of hydrogen-bond acceptors (Lipinski definition) is 6. The van der Waals surface area contributed by atoms with E-state index in [1.807, 2.05) is 16.7 Å². The second-order valence-corrected chi connectivity index (χ2v) is 4.01. The van der Waals surface area contributed by atoms with Crippen LogP contribution in [0.1, 0.15) is 12.5 Å². The maximum atomic E-state index is 8.87. The molecule has 0 aliphatic heterocycles. The molecule has 0 spiro atoms. The normalized spacial score (nSPS) is 23.6. The van der Waals surface area contributed by atoms with Crippen LogP contribution in [0.4, 0.5) is 5.82 Å². The highest BCUT2D eigenvalue weighted by Gasteiger charge is 2.22. The molecule has 0 fully saturated rings. The van der Waals surface area contributed by atoms with Crippen molar-refractivity contribution in [3.05, 3.63) is 24.8 Å². The van der Waals surface area contributed by atoms with Gasteiger partial charge in [0.15, 0.2) is 11.5 Å². The van der Waals surface area contributed by atoms with E-state index >= 15 is 0 Å². The number of aromatic nitrogens is 4. The predicted octanol–water partition coefficient (Wildman–Crippen LogP) is 0.257. The lowest BCUT2D eigenvalue weighted by molar-refractivity contribution is 0.139. The number of rotatable bonds is 2. The van der Waals surface area contributed by atoms with Gasteiger partial charge in [0.1, 0.15) is 11.8 Å². The number of imidazole rings is 1. The van der Waals surface area contributed by atoms with Crippen LogP contribution in [0.5, 0.6) is 0 Å². The van der Waals surface area contributed by atoms with Crippen molar-refractivity contribution in [1.29, 1.82) is 0 Å². The largest absolute Gasteiger partial charge is 0.382 e. The Bertz CT molecular complexity index is 577. The van der Waals surface area contributed by atoms with Crippen molar-refractivity contribution >= 4 is 17.0 Å². The zero-order valence-corrected chi connectivity index (χ0v) is 8.98. The molecule has 0 aromatic carbocycles.